The summed E-state index contributed by atoms with van der Waals surface area (Å²) in [5, 5.41) is 6.60. The van der Waals surface area contributed by atoms with E-state index in [4.69, 9.17) is 28.9 Å². The van der Waals surface area contributed by atoms with Gasteiger partial charge in [0.2, 0.25) is 23.6 Å². The van der Waals surface area contributed by atoms with Crippen LogP contribution in [0, 0.1) is 11.8 Å². The first-order valence-corrected chi connectivity index (χ1v) is 10.8. The highest BCUT2D eigenvalue weighted by atomic mass is 35.5. The van der Waals surface area contributed by atoms with Crippen molar-refractivity contribution in [2.75, 3.05) is 5.32 Å². The Kier molecular flexibility index (Phi) is 4.77. The van der Waals surface area contributed by atoms with Crippen molar-refractivity contribution in [2.24, 2.45) is 17.6 Å². The van der Waals surface area contributed by atoms with Gasteiger partial charge in [0.1, 0.15) is 5.54 Å². The Labute approximate surface area is 193 Å². The second-order valence-electron chi connectivity index (χ2n) is 8.20. The molecule has 4 N–H and O–H groups in total. The third kappa shape index (κ3) is 2.80. The van der Waals surface area contributed by atoms with Gasteiger partial charge in [0.15, 0.2) is 0 Å². The maximum Gasteiger partial charge on any atom is 0.250 e. The highest BCUT2D eigenvalue weighted by Gasteiger charge is 2.70. The molecule has 32 heavy (non-hydrogen) atoms. The summed E-state index contributed by atoms with van der Waals surface area (Å²) in [6.45, 7) is -0.0340. The molecule has 2 aromatic carbocycles. The van der Waals surface area contributed by atoms with Gasteiger partial charge in [0.25, 0.3) is 0 Å². The van der Waals surface area contributed by atoms with Crippen LogP contribution < -0.4 is 16.4 Å². The van der Waals surface area contributed by atoms with Crippen molar-refractivity contribution in [1.29, 1.82) is 0 Å². The minimum absolute atomic E-state index is 0.0340. The SMILES string of the molecule is NC(=O)C[C@@H]1N[C@]2(C(=O)Nc3c(Cl)cccc32)[C@@H]2C(=O)N(Cc3ccccc3Cl)C(=O)[C@H]12. The molecule has 3 heterocycles. The van der Waals surface area contributed by atoms with Crippen LogP contribution in [0.15, 0.2) is 42.5 Å². The Hall–Kier alpha value is -2.94. The number of carbonyl (C=O) groups excluding carboxylic acids is 4. The Bertz CT molecular complexity index is 1200. The quantitative estimate of drug-likeness (QED) is 0.585. The van der Waals surface area contributed by atoms with Crippen molar-refractivity contribution in [3.63, 3.8) is 0 Å². The maximum absolute atomic E-state index is 13.6. The average Bonchev–Trinajstić information content (AvgIpc) is 3.31. The number of nitrogens with two attached hydrogens (primary N) is 1. The summed E-state index contributed by atoms with van der Waals surface area (Å²) in [7, 11) is 0. The number of nitrogens with zero attached hydrogens (tertiary/aromatic N) is 1. The summed E-state index contributed by atoms with van der Waals surface area (Å²) in [4.78, 5) is 53.3. The molecule has 164 valence electrons. The largest absolute Gasteiger partial charge is 0.370 e. The fourth-order valence-corrected chi connectivity index (χ4v) is 5.61. The van der Waals surface area contributed by atoms with E-state index in [0.29, 0.717) is 26.9 Å². The van der Waals surface area contributed by atoms with Crippen LogP contribution in [-0.4, -0.2) is 34.6 Å². The van der Waals surface area contributed by atoms with Crippen molar-refractivity contribution in [3.8, 4) is 0 Å². The number of primary amides is 1. The highest BCUT2D eigenvalue weighted by Crippen LogP contribution is 2.54. The molecule has 0 aromatic heterocycles. The lowest BCUT2D eigenvalue weighted by Gasteiger charge is -2.29. The van der Waals surface area contributed by atoms with Gasteiger partial charge in [-0.15, -0.1) is 0 Å². The molecule has 4 amide bonds. The van der Waals surface area contributed by atoms with E-state index in [0.717, 1.165) is 4.90 Å². The van der Waals surface area contributed by atoms with Crippen LogP contribution in [0.3, 0.4) is 0 Å². The van der Waals surface area contributed by atoms with E-state index in [1.165, 1.54) is 0 Å². The molecule has 0 unspecified atom stereocenters. The minimum atomic E-state index is -1.53. The van der Waals surface area contributed by atoms with Crippen molar-refractivity contribution in [2.45, 2.75) is 24.5 Å². The van der Waals surface area contributed by atoms with Crippen LogP contribution in [0.5, 0.6) is 0 Å². The number of para-hydroxylation sites is 1. The average molecular weight is 473 g/mol. The fraction of sp³-hybridized carbons (Fsp3) is 0.273. The van der Waals surface area contributed by atoms with E-state index in [1.807, 2.05) is 0 Å². The van der Waals surface area contributed by atoms with Gasteiger partial charge in [-0.2, -0.15) is 0 Å². The van der Waals surface area contributed by atoms with Crippen LogP contribution in [-0.2, 0) is 31.3 Å². The first-order valence-electron chi connectivity index (χ1n) is 10.0. The molecular weight excluding hydrogens is 455 g/mol. The summed E-state index contributed by atoms with van der Waals surface area (Å²) < 4.78 is 0. The normalized spacial score (nSPS) is 28.2. The zero-order valence-corrected chi connectivity index (χ0v) is 18.1. The summed E-state index contributed by atoms with van der Waals surface area (Å²) in [5.41, 5.74) is 5.35. The van der Waals surface area contributed by atoms with E-state index < -0.39 is 47.0 Å². The summed E-state index contributed by atoms with van der Waals surface area (Å²) >= 11 is 12.5. The van der Waals surface area contributed by atoms with E-state index in [1.54, 1.807) is 42.5 Å². The lowest BCUT2D eigenvalue weighted by atomic mass is 9.76. The monoisotopic (exact) mass is 472 g/mol. The van der Waals surface area contributed by atoms with Gasteiger partial charge in [0.05, 0.1) is 29.1 Å². The molecule has 0 saturated carbocycles. The predicted molar refractivity (Wildman–Crippen MR) is 116 cm³/mol. The number of benzene rings is 2. The number of anilines is 1. The van der Waals surface area contributed by atoms with Crippen molar-refractivity contribution in [3.05, 3.63) is 63.6 Å². The zero-order valence-electron chi connectivity index (χ0n) is 16.6. The number of amides is 4. The second kappa shape index (κ2) is 7.30. The standard InChI is InChI=1S/C22H18Cl2N4O4/c23-12-6-2-1-4-10(12)9-28-19(30)16-14(8-15(25)29)27-22(17(16)20(28)31)11-5-3-7-13(24)18(11)26-21(22)32/h1-7,14,16-17,27H,8-9H2,(H2,25,29)(H,26,32)/t14-,16+,17-,22-/m0/s1. The molecule has 1 spiro atoms. The first-order chi connectivity index (χ1) is 15.3. The number of nitrogens with one attached hydrogen (secondary N) is 2. The van der Waals surface area contributed by atoms with E-state index >= 15 is 0 Å². The van der Waals surface area contributed by atoms with Crippen molar-refractivity contribution in [1.82, 2.24) is 10.2 Å². The van der Waals surface area contributed by atoms with Gasteiger partial charge in [-0.3, -0.25) is 29.4 Å². The van der Waals surface area contributed by atoms with Gasteiger partial charge in [-0.05, 0) is 17.7 Å². The lowest BCUT2D eigenvalue weighted by Crippen LogP contribution is -2.53. The Morgan fingerprint density at radius 1 is 1.03 bits per heavy atom. The molecule has 5 rings (SSSR count). The Balaban J connectivity index is 1.62. The Morgan fingerprint density at radius 3 is 2.47 bits per heavy atom. The Morgan fingerprint density at radius 2 is 1.75 bits per heavy atom. The number of fused-ring (bicyclic) bond motifs is 4. The number of imide groups is 1. The van der Waals surface area contributed by atoms with Crippen LogP contribution in [0.1, 0.15) is 17.5 Å². The molecule has 4 atom stereocenters. The second-order valence-corrected chi connectivity index (χ2v) is 9.02. The molecule has 8 nitrogen and oxygen atoms in total. The van der Waals surface area contributed by atoms with Gasteiger partial charge in [-0.1, -0.05) is 53.5 Å². The summed E-state index contributed by atoms with van der Waals surface area (Å²) in [5.74, 6) is -4.12. The van der Waals surface area contributed by atoms with Crippen LogP contribution in [0.4, 0.5) is 5.69 Å². The van der Waals surface area contributed by atoms with Crippen molar-refractivity contribution < 1.29 is 19.2 Å². The number of rotatable bonds is 4. The lowest BCUT2D eigenvalue weighted by molar-refractivity contribution is -0.143. The van der Waals surface area contributed by atoms with E-state index in [9.17, 15) is 19.2 Å². The third-order valence-electron chi connectivity index (χ3n) is 6.50. The van der Waals surface area contributed by atoms with Gasteiger partial charge in [-0.25, -0.2) is 0 Å². The number of hydrogen-bond acceptors (Lipinski definition) is 5. The zero-order chi connectivity index (χ0) is 22.8. The number of likely N-dealkylation sites (tertiary alicyclic amines) is 1. The van der Waals surface area contributed by atoms with Crippen molar-refractivity contribution >= 4 is 52.5 Å². The topological polar surface area (TPSA) is 122 Å². The summed E-state index contributed by atoms with van der Waals surface area (Å²) in [6.07, 6.45) is -0.203. The van der Waals surface area contributed by atoms with Crippen LogP contribution in [0.25, 0.3) is 0 Å². The number of halogens is 2. The first kappa shape index (κ1) is 20.9. The van der Waals surface area contributed by atoms with Gasteiger partial charge < -0.3 is 11.1 Å². The molecular formula is C22H18Cl2N4O4. The smallest absolute Gasteiger partial charge is 0.250 e. The molecule has 0 aliphatic carbocycles. The highest BCUT2D eigenvalue weighted by molar-refractivity contribution is 6.35. The van der Waals surface area contributed by atoms with Gasteiger partial charge >= 0.3 is 0 Å². The maximum atomic E-state index is 13.6. The molecule has 3 aliphatic heterocycles. The van der Waals surface area contributed by atoms with E-state index in [2.05, 4.69) is 10.6 Å². The fourth-order valence-electron chi connectivity index (χ4n) is 5.20. The molecule has 2 aromatic rings. The van der Waals surface area contributed by atoms with E-state index in [-0.39, 0.29) is 13.0 Å². The van der Waals surface area contributed by atoms with Gasteiger partial charge in [0, 0.05) is 23.0 Å². The molecule has 0 bridgehead atoms. The number of hydrogen-bond donors (Lipinski definition) is 3. The molecule has 2 saturated heterocycles. The number of carbonyl (C=O) groups is 4. The predicted octanol–water partition coefficient (Wildman–Crippen LogP) is 1.79. The minimum Gasteiger partial charge on any atom is -0.370 e. The third-order valence-corrected chi connectivity index (χ3v) is 7.18. The summed E-state index contributed by atoms with van der Waals surface area (Å²) in [6, 6.07) is 11.1. The molecule has 0 radical (unpaired) electrons. The molecule has 3 aliphatic rings. The molecule has 10 heteroatoms. The molecule has 2 fully saturated rings. The van der Waals surface area contributed by atoms with Crippen LogP contribution in [0.2, 0.25) is 10.0 Å². The van der Waals surface area contributed by atoms with Crippen LogP contribution >= 0.6 is 23.2 Å².